The standard InChI is InChI=1S/C21H18F3N5O2S/c22-21(23,24)32-17-3-1-15(2-4-17)28-20(31)13-7-18(14-8-25-12-26-9-14)19(27-10-13)29-6-5-16(30)11-29/h1-4,7-10,12,16,30H,5-6,11H2,(H,28,31). The average molecular weight is 461 g/mol. The summed E-state index contributed by atoms with van der Waals surface area (Å²) in [6.07, 6.45) is 6.22. The number of carbonyl (C=O) groups excluding carboxylic acids is 1. The number of anilines is 2. The van der Waals surface area contributed by atoms with Gasteiger partial charge in [-0.15, -0.1) is 0 Å². The number of nitrogens with zero attached hydrogens (tertiary/aromatic N) is 4. The van der Waals surface area contributed by atoms with Crippen LogP contribution < -0.4 is 10.2 Å². The first kappa shape index (κ1) is 22.0. The number of carbonyl (C=O) groups is 1. The highest BCUT2D eigenvalue weighted by molar-refractivity contribution is 8.00. The zero-order chi connectivity index (χ0) is 22.7. The summed E-state index contributed by atoms with van der Waals surface area (Å²) in [5, 5.41) is 12.6. The van der Waals surface area contributed by atoms with Gasteiger partial charge in [-0.3, -0.25) is 4.79 Å². The van der Waals surface area contributed by atoms with E-state index in [2.05, 4.69) is 20.3 Å². The van der Waals surface area contributed by atoms with Crippen molar-refractivity contribution in [2.75, 3.05) is 23.3 Å². The average Bonchev–Trinajstić information content (AvgIpc) is 3.20. The first-order chi connectivity index (χ1) is 15.3. The van der Waals surface area contributed by atoms with Crippen LogP contribution in [0.2, 0.25) is 0 Å². The Morgan fingerprint density at radius 2 is 1.88 bits per heavy atom. The summed E-state index contributed by atoms with van der Waals surface area (Å²) < 4.78 is 37.4. The number of rotatable bonds is 5. The molecule has 0 bridgehead atoms. The van der Waals surface area contributed by atoms with Crippen LogP contribution in [0.5, 0.6) is 0 Å². The number of β-amino-alcohol motifs (C(OH)–C–C–N with tert-alkyl or cyclic N) is 1. The summed E-state index contributed by atoms with van der Waals surface area (Å²) in [5.74, 6) is 0.154. The molecule has 2 aromatic heterocycles. The maximum Gasteiger partial charge on any atom is 0.446 e. The second-order valence-electron chi connectivity index (χ2n) is 7.14. The van der Waals surface area contributed by atoms with Gasteiger partial charge in [-0.1, -0.05) is 0 Å². The van der Waals surface area contributed by atoms with E-state index in [1.165, 1.54) is 36.8 Å². The van der Waals surface area contributed by atoms with E-state index in [1.807, 2.05) is 4.90 Å². The molecule has 3 aromatic rings. The van der Waals surface area contributed by atoms with Crippen LogP contribution in [0.3, 0.4) is 0 Å². The molecule has 0 aliphatic carbocycles. The lowest BCUT2D eigenvalue weighted by Gasteiger charge is -2.20. The van der Waals surface area contributed by atoms with E-state index in [-0.39, 0.29) is 22.2 Å². The van der Waals surface area contributed by atoms with Gasteiger partial charge < -0.3 is 15.3 Å². The lowest BCUT2D eigenvalue weighted by Crippen LogP contribution is -2.23. The highest BCUT2D eigenvalue weighted by Gasteiger charge is 2.29. The normalized spacial score (nSPS) is 16.2. The van der Waals surface area contributed by atoms with E-state index in [0.29, 0.717) is 42.1 Å². The van der Waals surface area contributed by atoms with Gasteiger partial charge >= 0.3 is 5.51 Å². The molecule has 0 spiro atoms. The van der Waals surface area contributed by atoms with Gasteiger partial charge in [0, 0.05) is 53.4 Å². The van der Waals surface area contributed by atoms with Crippen molar-refractivity contribution >= 4 is 29.2 Å². The van der Waals surface area contributed by atoms with Gasteiger partial charge in [-0.25, -0.2) is 15.0 Å². The van der Waals surface area contributed by atoms with Gasteiger partial charge in [0.2, 0.25) is 0 Å². The van der Waals surface area contributed by atoms with Crippen LogP contribution in [0.15, 0.2) is 60.1 Å². The third kappa shape index (κ3) is 5.35. The second-order valence-corrected chi connectivity index (χ2v) is 8.28. The Bertz CT molecular complexity index is 1100. The van der Waals surface area contributed by atoms with Crippen LogP contribution in [0.4, 0.5) is 24.7 Å². The summed E-state index contributed by atoms with van der Waals surface area (Å²) >= 11 is -0.219. The zero-order valence-electron chi connectivity index (χ0n) is 16.6. The van der Waals surface area contributed by atoms with Crippen molar-refractivity contribution in [2.24, 2.45) is 0 Å². The fourth-order valence-corrected chi connectivity index (χ4v) is 3.90. The Kier molecular flexibility index (Phi) is 6.28. The predicted molar refractivity (Wildman–Crippen MR) is 114 cm³/mol. The Hall–Kier alpha value is -3.18. The zero-order valence-corrected chi connectivity index (χ0v) is 17.4. The Balaban J connectivity index is 1.57. The SMILES string of the molecule is O=C(Nc1ccc(SC(F)(F)F)cc1)c1cnc(N2CCC(O)C2)c(-c2cncnc2)c1. The molecule has 2 N–H and O–H groups in total. The fourth-order valence-electron chi connectivity index (χ4n) is 3.36. The minimum absolute atomic E-state index is 0.0284. The number of aliphatic hydroxyl groups excluding tert-OH is 1. The van der Waals surface area contributed by atoms with Gasteiger partial charge in [0.15, 0.2) is 0 Å². The number of hydrogen-bond acceptors (Lipinski definition) is 7. The number of benzene rings is 1. The minimum Gasteiger partial charge on any atom is -0.391 e. The molecule has 0 saturated carbocycles. The molecule has 0 radical (unpaired) electrons. The molecule has 1 unspecified atom stereocenters. The fraction of sp³-hybridized carbons (Fsp3) is 0.238. The third-order valence-corrected chi connectivity index (χ3v) is 5.55. The van der Waals surface area contributed by atoms with Crippen LogP contribution >= 0.6 is 11.8 Å². The van der Waals surface area contributed by atoms with Crippen molar-refractivity contribution in [3.8, 4) is 11.1 Å². The molecule has 166 valence electrons. The molecule has 1 amide bonds. The maximum atomic E-state index is 12.8. The van der Waals surface area contributed by atoms with Gasteiger partial charge in [0.25, 0.3) is 5.91 Å². The van der Waals surface area contributed by atoms with Crippen molar-refractivity contribution < 1.29 is 23.1 Å². The minimum atomic E-state index is -4.37. The summed E-state index contributed by atoms with van der Waals surface area (Å²) in [6, 6.07) is 7.06. The largest absolute Gasteiger partial charge is 0.446 e. The second kappa shape index (κ2) is 9.13. The molecule has 4 rings (SSSR count). The molecule has 1 fully saturated rings. The Labute approximate surface area is 185 Å². The van der Waals surface area contributed by atoms with Crippen molar-refractivity contribution in [3.63, 3.8) is 0 Å². The molecule has 1 saturated heterocycles. The Morgan fingerprint density at radius 1 is 1.16 bits per heavy atom. The van der Waals surface area contributed by atoms with Gasteiger partial charge in [0.1, 0.15) is 12.1 Å². The number of hydrogen-bond donors (Lipinski definition) is 2. The van der Waals surface area contributed by atoms with Crippen LogP contribution in [0.1, 0.15) is 16.8 Å². The summed E-state index contributed by atoms with van der Waals surface area (Å²) in [5.41, 5.74) is -2.44. The van der Waals surface area contributed by atoms with Crippen LogP contribution in [-0.4, -0.2) is 50.7 Å². The number of aliphatic hydroxyl groups is 1. The van der Waals surface area contributed by atoms with E-state index in [4.69, 9.17) is 0 Å². The number of pyridine rings is 1. The number of halogens is 3. The molecular weight excluding hydrogens is 443 g/mol. The van der Waals surface area contributed by atoms with Crippen molar-refractivity contribution in [3.05, 3.63) is 60.8 Å². The maximum absolute atomic E-state index is 12.8. The van der Waals surface area contributed by atoms with E-state index < -0.39 is 17.5 Å². The van der Waals surface area contributed by atoms with Crippen molar-refractivity contribution in [1.82, 2.24) is 15.0 Å². The molecule has 11 heteroatoms. The Morgan fingerprint density at radius 3 is 2.50 bits per heavy atom. The van der Waals surface area contributed by atoms with Crippen LogP contribution in [-0.2, 0) is 0 Å². The number of amides is 1. The number of nitrogens with one attached hydrogen (secondary N) is 1. The predicted octanol–water partition coefficient (Wildman–Crippen LogP) is 3.97. The van der Waals surface area contributed by atoms with E-state index in [9.17, 15) is 23.1 Å². The molecule has 7 nitrogen and oxygen atoms in total. The van der Waals surface area contributed by atoms with Gasteiger partial charge in [-0.2, -0.15) is 13.2 Å². The summed E-state index contributed by atoms with van der Waals surface area (Å²) in [7, 11) is 0. The smallest absolute Gasteiger partial charge is 0.391 e. The van der Waals surface area contributed by atoms with Crippen molar-refractivity contribution in [2.45, 2.75) is 22.9 Å². The topological polar surface area (TPSA) is 91.2 Å². The molecule has 1 aliphatic heterocycles. The van der Waals surface area contributed by atoms with E-state index in [1.54, 1.807) is 18.5 Å². The highest BCUT2D eigenvalue weighted by atomic mass is 32.2. The molecule has 3 heterocycles. The van der Waals surface area contributed by atoms with Gasteiger partial charge in [0.05, 0.1) is 11.7 Å². The molecular formula is C21H18F3N5O2S. The lowest BCUT2D eigenvalue weighted by atomic mass is 10.1. The quantitative estimate of drug-likeness (QED) is 0.556. The highest BCUT2D eigenvalue weighted by Crippen LogP contribution is 2.37. The summed E-state index contributed by atoms with van der Waals surface area (Å²) in [6.45, 7) is 1.06. The number of thioether (sulfide) groups is 1. The van der Waals surface area contributed by atoms with Gasteiger partial charge in [-0.05, 0) is 48.5 Å². The third-order valence-electron chi connectivity index (χ3n) is 4.81. The van der Waals surface area contributed by atoms with Crippen LogP contribution in [0.25, 0.3) is 11.1 Å². The van der Waals surface area contributed by atoms with E-state index >= 15 is 0 Å². The molecule has 1 aromatic carbocycles. The number of aromatic nitrogens is 3. The molecule has 1 aliphatic rings. The lowest BCUT2D eigenvalue weighted by molar-refractivity contribution is -0.0328. The first-order valence-electron chi connectivity index (χ1n) is 9.64. The first-order valence-corrected chi connectivity index (χ1v) is 10.5. The molecule has 32 heavy (non-hydrogen) atoms. The molecule has 1 atom stereocenters. The number of alkyl halides is 3. The summed E-state index contributed by atoms with van der Waals surface area (Å²) in [4.78, 5) is 27.3. The monoisotopic (exact) mass is 461 g/mol. The van der Waals surface area contributed by atoms with E-state index in [0.717, 1.165) is 0 Å². The van der Waals surface area contributed by atoms with Crippen LogP contribution in [0, 0.1) is 0 Å². The van der Waals surface area contributed by atoms with Crippen molar-refractivity contribution in [1.29, 1.82) is 0 Å².